The molecule has 1 aliphatic rings. The van der Waals surface area contributed by atoms with Gasteiger partial charge in [0.1, 0.15) is 0 Å². The Balaban J connectivity index is 1.52. The Morgan fingerprint density at radius 2 is 1.86 bits per heavy atom. The van der Waals surface area contributed by atoms with E-state index in [-0.39, 0.29) is 0 Å². The first-order chi connectivity index (χ1) is 14.3. The van der Waals surface area contributed by atoms with Gasteiger partial charge in [0, 0.05) is 49.5 Å². The molecule has 2 aromatic heterocycles. The van der Waals surface area contributed by atoms with E-state index in [9.17, 15) is 0 Å². The van der Waals surface area contributed by atoms with E-state index in [1.165, 1.54) is 33.3 Å². The zero-order chi connectivity index (χ0) is 19.6. The molecule has 2 aromatic carbocycles. The highest BCUT2D eigenvalue weighted by Crippen LogP contribution is 2.32. The molecular formula is C26H25N3. The van der Waals surface area contributed by atoms with Crippen LogP contribution in [0.4, 0.5) is 0 Å². The van der Waals surface area contributed by atoms with Crippen LogP contribution in [0, 0.1) is 6.92 Å². The standard InChI is InChI=1S/C26H25N3/c1-20-10-11-25-23(17-20)24-19-28(18-21-7-3-2-4-8-21)15-13-26(24)29(25)16-12-22-9-5-6-14-27-22/h2-12,14,16-17H,13,15,18-19H2,1H3/b16-12-. The maximum Gasteiger partial charge on any atom is 0.0644 e. The third kappa shape index (κ3) is 3.62. The molecular weight excluding hydrogens is 354 g/mol. The van der Waals surface area contributed by atoms with Crippen molar-refractivity contribution in [3.8, 4) is 0 Å². The van der Waals surface area contributed by atoms with Gasteiger partial charge >= 0.3 is 0 Å². The van der Waals surface area contributed by atoms with Crippen LogP contribution in [-0.2, 0) is 19.5 Å². The van der Waals surface area contributed by atoms with E-state index < -0.39 is 0 Å². The highest BCUT2D eigenvalue weighted by atomic mass is 15.1. The van der Waals surface area contributed by atoms with Gasteiger partial charge in [0.05, 0.1) is 11.2 Å². The fraction of sp³-hybridized carbons (Fsp3) is 0.192. The summed E-state index contributed by atoms with van der Waals surface area (Å²) >= 11 is 0. The van der Waals surface area contributed by atoms with Crippen LogP contribution in [0.1, 0.15) is 28.1 Å². The summed E-state index contributed by atoms with van der Waals surface area (Å²) in [7, 11) is 0. The number of pyridine rings is 1. The molecule has 0 atom stereocenters. The molecule has 0 N–H and O–H groups in total. The maximum atomic E-state index is 4.43. The van der Waals surface area contributed by atoms with Crippen LogP contribution in [-0.4, -0.2) is 21.0 Å². The van der Waals surface area contributed by atoms with Crippen molar-refractivity contribution in [2.45, 2.75) is 26.4 Å². The second-order valence-corrected chi connectivity index (χ2v) is 7.83. The van der Waals surface area contributed by atoms with Gasteiger partial charge in [0.25, 0.3) is 0 Å². The second kappa shape index (κ2) is 7.69. The molecule has 5 rings (SSSR count). The number of hydrogen-bond acceptors (Lipinski definition) is 2. The number of hydrogen-bond donors (Lipinski definition) is 0. The summed E-state index contributed by atoms with van der Waals surface area (Å²) in [4.78, 5) is 7.00. The van der Waals surface area contributed by atoms with E-state index in [0.29, 0.717) is 0 Å². The van der Waals surface area contributed by atoms with Gasteiger partial charge in [-0.1, -0.05) is 48.0 Å². The highest BCUT2D eigenvalue weighted by molar-refractivity contribution is 5.89. The molecule has 3 heterocycles. The second-order valence-electron chi connectivity index (χ2n) is 7.83. The third-order valence-corrected chi connectivity index (χ3v) is 5.75. The van der Waals surface area contributed by atoms with Crippen LogP contribution in [0.2, 0.25) is 0 Å². The van der Waals surface area contributed by atoms with Gasteiger partial charge in [-0.3, -0.25) is 9.88 Å². The van der Waals surface area contributed by atoms with E-state index in [2.05, 4.69) is 82.2 Å². The van der Waals surface area contributed by atoms with Gasteiger partial charge in [-0.15, -0.1) is 0 Å². The van der Waals surface area contributed by atoms with Crippen molar-refractivity contribution in [1.82, 2.24) is 14.5 Å². The van der Waals surface area contributed by atoms with Gasteiger partial charge in [0.2, 0.25) is 0 Å². The SMILES string of the molecule is Cc1ccc2c(c1)c1c(n2/C=C\c2ccccn2)CCN(Cc2ccccc2)C1. The Morgan fingerprint density at radius 1 is 1.00 bits per heavy atom. The lowest BCUT2D eigenvalue weighted by Crippen LogP contribution is -2.30. The fourth-order valence-corrected chi connectivity index (χ4v) is 4.33. The Morgan fingerprint density at radius 3 is 2.69 bits per heavy atom. The number of rotatable bonds is 4. The summed E-state index contributed by atoms with van der Waals surface area (Å²) in [6.45, 7) is 5.25. The van der Waals surface area contributed by atoms with E-state index in [4.69, 9.17) is 0 Å². The monoisotopic (exact) mass is 379 g/mol. The van der Waals surface area contributed by atoms with E-state index in [0.717, 1.165) is 31.7 Å². The zero-order valence-corrected chi connectivity index (χ0v) is 16.8. The minimum atomic E-state index is 0.983. The Kier molecular flexibility index (Phi) is 4.74. The van der Waals surface area contributed by atoms with Crippen molar-refractivity contribution >= 4 is 23.2 Å². The molecule has 0 amide bonds. The molecule has 29 heavy (non-hydrogen) atoms. The maximum absolute atomic E-state index is 4.43. The Hall–Kier alpha value is -3.17. The van der Waals surface area contributed by atoms with Crippen molar-refractivity contribution in [1.29, 1.82) is 0 Å². The summed E-state index contributed by atoms with van der Waals surface area (Å²) in [5.41, 5.74) is 7.86. The number of aryl methyl sites for hydroxylation is 1. The third-order valence-electron chi connectivity index (χ3n) is 5.75. The molecule has 0 aliphatic carbocycles. The van der Waals surface area contributed by atoms with Gasteiger partial charge in [0.15, 0.2) is 0 Å². The van der Waals surface area contributed by atoms with Gasteiger partial charge in [-0.05, 0) is 48.4 Å². The van der Waals surface area contributed by atoms with Crippen molar-refractivity contribution in [2.24, 2.45) is 0 Å². The first-order valence-electron chi connectivity index (χ1n) is 10.3. The fourth-order valence-electron chi connectivity index (χ4n) is 4.33. The van der Waals surface area contributed by atoms with Crippen LogP contribution in [0.25, 0.3) is 23.2 Å². The first-order valence-corrected chi connectivity index (χ1v) is 10.3. The van der Waals surface area contributed by atoms with Gasteiger partial charge < -0.3 is 4.57 Å². The van der Waals surface area contributed by atoms with Crippen LogP contribution < -0.4 is 0 Å². The summed E-state index contributed by atoms with van der Waals surface area (Å²) in [5, 5.41) is 1.38. The van der Waals surface area contributed by atoms with Crippen LogP contribution in [0.15, 0.2) is 72.9 Å². The quantitative estimate of drug-likeness (QED) is 0.465. The minimum absolute atomic E-state index is 0.983. The summed E-state index contributed by atoms with van der Waals surface area (Å²) in [5.74, 6) is 0. The lowest BCUT2D eigenvalue weighted by atomic mass is 10.0. The molecule has 0 saturated heterocycles. The number of nitrogens with zero attached hydrogens (tertiary/aromatic N) is 3. The largest absolute Gasteiger partial charge is 0.320 e. The number of aromatic nitrogens is 2. The van der Waals surface area contributed by atoms with Gasteiger partial charge in [-0.25, -0.2) is 0 Å². The lowest BCUT2D eigenvalue weighted by Gasteiger charge is -2.28. The Bertz CT molecular complexity index is 1160. The minimum Gasteiger partial charge on any atom is -0.320 e. The van der Waals surface area contributed by atoms with E-state index in [1.54, 1.807) is 0 Å². The predicted octanol–water partition coefficient (Wildman–Crippen LogP) is 5.53. The number of benzene rings is 2. The molecule has 1 aliphatic heterocycles. The average Bonchev–Trinajstić information content (AvgIpc) is 3.06. The first kappa shape index (κ1) is 17.9. The van der Waals surface area contributed by atoms with E-state index >= 15 is 0 Å². The summed E-state index contributed by atoms with van der Waals surface area (Å²) in [6.07, 6.45) is 7.19. The highest BCUT2D eigenvalue weighted by Gasteiger charge is 2.23. The van der Waals surface area contributed by atoms with Crippen molar-refractivity contribution in [3.63, 3.8) is 0 Å². The summed E-state index contributed by atoms with van der Waals surface area (Å²) in [6, 6.07) is 23.6. The van der Waals surface area contributed by atoms with Crippen LogP contribution >= 0.6 is 0 Å². The average molecular weight is 380 g/mol. The normalized spacial score (nSPS) is 14.5. The van der Waals surface area contributed by atoms with Crippen molar-refractivity contribution < 1.29 is 0 Å². The van der Waals surface area contributed by atoms with Crippen molar-refractivity contribution in [3.05, 3.63) is 101 Å². The Labute approximate surface area is 171 Å². The summed E-state index contributed by atoms with van der Waals surface area (Å²) < 4.78 is 2.37. The predicted molar refractivity (Wildman–Crippen MR) is 120 cm³/mol. The molecule has 0 spiro atoms. The molecule has 3 heteroatoms. The smallest absolute Gasteiger partial charge is 0.0644 e. The molecule has 0 saturated carbocycles. The van der Waals surface area contributed by atoms with Gasteiger partial charge in [-0.2, -0.15) is 0 Å². The lowest BCUT2D eigenvalue weighted by molar-refractivity contribution is 0.245. The molecule has 4 aromatic rings. The molecule has 3 nitrogen and oxygen atoms in total. The molecule has 0 bridgehead atoms. The van der Waals surface area contributed by atoms with Crippen molar-refractivity contribution in [2.75, 3.05) is 6.54 Å². The molecule has 0 radical (unpaired) electrons. The number of fused-ring (bicyclic) bond motifs is 3. The van der Waals surface area contributed by atoms with Crippen LogP contribution in [0.3, 0.4) is 0 Å². The molecule has 144 valence electrons. The van der Waals surface area contributed by atoms with Crippen LogP contribution in [0.5, 0.6) is 0 Å². The molecule has 0 fully saturated rings. The van der Waals surface area contributed by atoms with E-state index in [1.807, 2.05) is 24.4 Å². The topological polar surface area (TPSA) is 21.1 Å². The molecule has 0 unspecified atom stereocenters. The zero-order valence-electron chi connectivity index (χ0n) is 16.8.